The number of hydrogen-bond acceptors (Lipinski definition) is 5. The number of thioether (sulfide) groups is 1. The van der Waals surface area contributed by atoms with E-state index in [0.717, 1.165) is 16.9 Å². The van der Waals surface area contributed by atoms with Crippen LogP contribution in [0.25, 0.3) is 11.4 Å². The monoisotopic (exact) mass is 386 g/mol. The van der Waals surface area contributed by atoms with Crippen LogP contribution >= 0.6 is 11.8 Å². The number of amides is 1. The van der Waals surface area contributed by atoms with Gasteiger partial charge in [0, 0.05) is 12.1 Å². The Morgan fingerprint density at radius 3 is 2.59 bits per heavy atom. The predicted octanol–water partition coefficient (Wildman–Crippen LogP) is 3.42. The van der Waals surface area contributed by atoms with E-state index in [9.17, 15) is 9.18 Å². The minimum absolute atomic E-state index is 0.139. The van der Waals surface area contributed by atoms with Crippen molar-refractivity contribution in [1.29, 1.82) is 0 Å². The summed E-state index contributed by atoms with van der Waals surface area (Å²) in [7, 11) is 1.61. The fraction of sp³-hybridized carbons (Fsp3) is 0.211. The molecular formula is C19H19FN4O2S. The van der Waals surface area contributed by atoms with Crippen LogP contribution in [0.15, 0.2) is 53.7 Å². The normalized spacial score (nSPS) is 11.8. The van der Waals surface area contributed by atoms with E-state index >= 15 is 0 Å². The Balaban J connectivity index is 1.55. The van der Waals surface area contributed by atoms with Gasteiger partial charge in [0.15, 0.2) is 5.82 Å². The van der Waals surface area contributed by atoms with Gasteiger partial charge in [-0.15, -0.1) is 5.10 Å². The minimum atomic E-state index is -0.370. The number of halogens is 1. The highest BCUT2D eigenvalue weighted by Crippen LogP contribution is 2.24. The first kappa shape index (κ1) is 18.9. The summed E-state index contributed by atoms with van der Waals surface area (Å²) in [6.07, 6.45) is 0. The maximum absolute atomic E-state index is 12.9. The zero-order valence-corrected chi connectivity index (χ0v) is 15.7. The molecule has 0 aliphatic heterocycles. The highest BCUT2D eigenvalue weighted by Gasteiger charge is 2.17. The molecule has 0 saturated carbocycles. The van der Waals surface area contributed by atoms with Crippen molar-refractivity contribution in [1.82, 2.24) is 20.5 Å². The molecule has 0 bridgehead atoms. The summed E-state index contributed by atoms with van der Waals surface area (Å²) in [5.41, 5.74) is 1.71. The standard InChI is InChI=1S/C19H19FN4O2S/c1-12(18(25)21-11-13-3-7-15(20)8-4-13)27-19-22-17(23-24-19)14-5-9-16(26-2)10-6-14/h3-10,12H,11H2,1-2H3,(H,21,25)(H,22,23,24). The highest BCUT2D eigenvalue weighted by atomic mass is 32.2. The van der Waals surface area contributed by atoms with Crippen LogP contribution in [0.3, 0.4) is 0 Å². The predicted molar refractivity (Wildman–Crippen MR) is 102 cm³/mol. The summed E-state index contributed by atoms with van der Waals surface area (Å²) < 4.78 is 18.0. The van der Waals surface area contributed by atoms with Crippen molar-refractivity contribution in [2.45, 2.75) is 23.9 Å². The summed E-state index contributed by atoms with van der Waals surface area (Å²) >= 11 is 1.26. The fourth-order valence-electron chi connectivity index (χ4n) is 2.32. The van der Waals surface area contributed by atoms with E-state index in [4.69, 9.17) is 4.74 Å². The SMILES string of the molecule is COc1ccc(-c2nc(SC(C)C(=O)NCc3ccc(F)cc3)n[nH]2)cc1. The zero-order chi connectivity index (χ0) is 19.2. The van der Waals surface area contributed by atoms with Gasteiger partial charge in [0.05, 0.1) is 12.4 Å². The van der Waals surface area contributed by atoms with Gasteiger partial charge in [-0.2, -0.15) is 0 Å². The molecule has 2 N–H and O–H groups in total. The summed E-state index contributed by atoms with van der Waals surface area (Å²) in [5, 5.41) is 9.98. The first-order valence-corrected chi connectivity index (χ1v) is 9.19. The second kappa shape index (κ2) is 8.68. The number of nitrogens with one attached hydrogen (secondary N) is 2. The molecule has 6 nitrogen and oxygen atoms in total. The number of rotatable bonds is 7. The van der Waals surface area contributed by atoms with Crippen molar-refractivity contribution in [2.24, 2.45) is 0 Å². The molecule has 140 valence electrons. The van der Waals surface area contributed by atoms with Gasteiger partial charge in [0.1, 0.15) is 11.6 Å². The number of nitrogens with zero attached hydrogens (tertiary/aromatic N) is 2. The largest absolute Gasteiger partial charge is 0.497 e. The number of hydrogen-bond donors (Lipinski definition) is 2. The lowest BCUT2D eigenvalue weighted by Gasteiger charge is -2.10. The lowest BCUT2D eigenvalue weighted by molar-refractivity contribution is -0.120. The molecule has 1 atom stereocenters. The fourth-order valence-corrected chi connectivity index (χ4v) is 3.07. The summed E-state index contributed by atoms with van der Waals surface area (Å²) in [4.78, 5) is 16.7. The number of carbonyl (C=O) groups excluding carboxylic acids is 1. The first-order valence-electron chi connectivity index (χ1n) is 8.31. The average Bonchev–Trinajstić information content (AvgIpc) is 3.15. The number of H-pyrrole nitrogens is 1. The van der Waals surface area contributed by atoms with E-state index < -0.39 is 0 Å². The second-order valence-corrected chi connectivity index (χ2v) is 7.11. The molecular weight excluding hydrogens is 367 g/mol. The Hall–Kier alpha value is -2.87. The Morgan fingerprint density at radius 2 is 1.93 bits per heavy atom. The van der Waals surface area contributed by atoms with Gasteiger partial charge in [-0.05, 0) is 48.9 Å². The lowest BCUT2D eigenvalue weighted by Crippen LogP contribution is -2.30. The smallest absolute Gasteiger partial charge is 0.233 e. The molecule has 3 aromatic rings. The molecule has 0 saturated heterocycles. The Labute approximate surface area is 160 Å². The Kier molecular flexibility index (Phi) is 6.08. The molecule has 8 heteroatoms. The molecule has 1 heterocycles. The van der Waals surface area contributed by atoms with E-state index in [1.807, 2.05) is 24.3 Å². The number of ether oxygens (including phenoxy) is 1. The van der Waals surface area contributed by atoms with Crippen LogP contribution in [0, 0.1) is 5.82 Å². The van der Waals surface area contributed by atoms with E-state index in [2.05, 4.69) is 20.5 Å². The molecule has 1 aromatic heterocycles. The first-order chi connectivity index (χ1) is 13.0. The zero-order valence-electron chi connectivity index (χ0n) is 14.9. The molecule has 0 radical (unpaired) electrons. The number of carbonyl (C=O) groups is 1. The van der Waals surface area contributed by atoms with Gasteiger partial charge in [-0.25, -0.2) is 9.37 Å². The third-order valence-corrected chi connectivity index (χ3v) is 4.82. The molecule has 3 rings (SSSR count). The number of aromatic nitrogens is 3. The van der Waals surface area contributed by atoms with E-state index in [1.165, 1.54) is 23.9 Å². The highest BCUT2D eigenvalue weighted by molar-refractivity contribution is 8.00. The maximum Gasteiger partial charge on any atom is 0.233 e. The van der Waals surface area contributed by atoms with Crippen LogP contribution in [0.4, 0.5) is 4.39 Å². The van der Waals surface area contributed by atoms with Gasteiger partial charge >= 0.3 is 0 Å². The van der Waals surface area contributed by atoms with Crippen LogP contribution in [0.2, 0.25) is 0 Å². The van der Waals surface area contributed by atoms with Crippen molar-refractivity contribution in [3.05, 3.63) is 59.9 Å². The molecule has 1 amide bonds. The van der Waals surface area contributed by atoms with E-state index in [-0.39, 0.29) is 17.0 Å². The third-order valence-electron chi connectivity index (χ3n) is 3.86. The van der Waals surface area contributed by atoms with Gasteiger partial charge in [0.25, 0.3) is 0 Å². The van der Waals surface area contributed by atoms with Gasteiger partial charge < -0.3 is 10.1 Å². The van der Waals surface area contributed by atoms with Crippen LogP contribution in [0.5, 0.6) is 5.75 Å². The topological polar surface area (TPSA) is 79.9 Å². The second-order valence-electron chi connectivity index (χ2n) is 5.80. The maximum atomic E-state index is 12.9. The van der Waals surface area contributed by atoms with Crippen molar-refractivity contribution < 1.29 is 13.9 Å². The number of benzene rings is 2. The quantitative estimate of drug-likeness (QED) is 0.608. The van der Waals surface area contributed by atoms with Crippen molar-refractivity contribution in [3.8, 4) is 17.1 Å². The number of aromatic amines is 1. The molecule has 0 spiro atoms. The summed E-state index contributed by atoms with van der Waals surface area (Å²) in [6, 6.07) is 13.5. The van der Waals surface area contributed by atoms with Crippen molar-refractivity contribution in [2.75, 3.05) is 7.11 Å². The van der Waals surface area contributed by atoms with Crippen LogP contribution in [0.1, 0.15) is 12.5 Å². The van der Waals surface area contributed by atoms with Crippen molar-refractivity contribution >= 4 is 17.7 Å². The van der Waals surface area contributed by atoms with Gasteiger partial charge in [-0.1, -0.05) is 23.9 Å². The van der Waals surface area contributed by atoms with Crippen LogP contribution in [-0.2, 0) is 11.3 Å². The Morgan fingerprint density at radius 1 is 1.22 bits per heavy atom. The summed E-state index contributed by atoms with van der Waals surface area (Å²) in [6.45, 7) is 2.13. The Bertz CT molecular complexity index is 897. The molecule has 0 aliphatic rings. The molecule has 0 fully saturated rings. The molecule has 1 unspecified atom stereocenters. The number of methoxy groups -OCH3 is 1. The van der Waals surface area contributed by atoms with Crippen LogP contribution < -0.4 is 10.1 Å². The lowest BCUT2D eigenvalue weighted by atomic mass is 10.2. The molecule has 0 aliphatic carbocycles. The van der Waals surface area contributed by atoms with Gasteiger partial charge in [-0.3, -0.25) is 9.89 Å². The van der Waals surface area contributed by atoms with E-state index in [0.29, 0.717) is 17.5 Å². The van der Waals surface area contributed by atoms with E-state index in [1.54, 1.807) is 26.2 Å². The summed E-state index contributed by atoms with van der Waals surface area (Å²) in [5.74, 6) is 0.949. The van der Waals surface area contributed by atoms with Crippen molar-refractivity contribution in [3.63, 3.8) is 0 Å². The average molecular weight is 386 g/mol. The molecule has 27 heavy (non-hydrogen) atoms. The molecule has 2 aromatic carbocycles. The minimum Gasteiger partial charge on any atom is -0.497 e. The third kappa shape index (κ3) is 5.07. The van der Waals surface area contributed by atoms with Crippen LogP contribution in [-0.4, -0.2) is 33.4 Å². The van der Waals surface area contributed by atoms with Gasteiger partial charge in [0.2, 0.25) is 11.1 Å².